The number of carbonyl (C=O) groups is 5. The molecule has 12 heteroatoms. The number of methoxy groups -OCH3 is 1. The van der Waals surface area contributed by atoms with Gasteiger partial charge >= 0.3 is 11.9 Å². The van der Waals surface area contributed by atoms with E-state index in [1.54, 1.807) is 48.4 Å². The summed E-state index contributed by atoms with van der Waals surface area (Å²) in [7, 11) is 1.60. The third-order valence-corrected chi connectivity index (χ3v) is 7.18. The molecule has 0 bridgehead atoms. The van der Waals surface area contributed by atoms with E-state index in [0.29, 0.717) is 47.8 Å². The van der Waals surface area contributed by atoms with Crippen LogP contribution in [0.15, 0.2) is 84.9 Å². The van der Waals surface area contributed by atoms with Crippen LogP contribution in [0.4, 0.5) is 15.8 Å². The fourth-order valence-corrected chi connectivity index (χ4v) is 4.82. The van der Waals surface area contributed by atoms with Crippen molar-refractivity contribution in [2.24, 2.45) is 5.92 Å². The number of likely N-dealkylation sites (tertiary alicyclic amines) is 1. The summed E-state index contributed by atoms with van der Waals surface area (Å²) in [4.78, 5) is 60.8. The maximum Gasteiger partial charge on any atom is 0.328 e. The lowest BCUT2D eigenvalue weighted by molar-refractivity contribution is -0.134. The highest BCUT2D eigenvalue weighted by molar-refractivity contribution is 6.06. The van der Waals surface area contributed by atoms with Gasteiger partial charge in [0.15, 0.2) is 5.78 Å². The van der Waals surface area contributed by atoms with Gasteiger partial charge in [-0.05, 0) is 98.7 Å². The number of carboxylic acids is 2. The van der Waals surface area contributed by atoms with Crippen molar-refractivity contribution in [3.63, 3.8) is 0 Å². The summed E-state index contributed by atoms with van der Waals surface area (Å²) in [6, 6.07) is 19.9. The SMILES string of the molecule is COc1ccc(N(CCN2CCC(C(=O)c3ccc(F)cc3)CC2)C(=O)c2ccc(NC(C)=O)cc2)cc1.O=C(O)C=CC(=O)O. The number of rotatable bonds is 11. The van der Waals surface area contributed by atoms with E-state index >= 15 is 0 Å². The Balaban J connectivity index is 0.000000637. The number of carboxylic acid groups (broad SMARTS) is 2. The maximum absolute atomic E-state index is 13.5. The van der Waals surface area contributed by atoms with Gasteiger partial charge in [0.1, 0.15) is 11.6 Å². The number of hydrogen-bond acceptors (Lipinski definition) is 7. The Kier molecular flexibility index (Phi) is 13.1. The molecular formula is C34H36FN3O8. The smallest absolute Gasteiger partial charge is 0.328 e. The normalized spacial score (nSPS) is 13.3. The van der Waals surface area contributed by atoms with Gasteiger partial charge in [-0.3, -0.25) is 14.4 Å². The van der Waals surface area contributed by atoms with Crippen LogP contribution in [-0.4, -0.2) is 77.9 Å². The monoisotopic (exact) mass is 633 g/mol. The summed E-state index contributed by atoms with van der Waals surface area (Å²) < 4.78 is 18.5. The summed E-state index contributed by atoms with van der Waals surface area (Å²) >= 11 is 0. The molecular weight excluding hydrogens is 597 g/mol. The Morgan fingerprint density at radius 3 is 1.91 bits per heavy atom. The van der Waals surface area contributed by atoms with Gasteiger partial charge in [0.2, 0.25) is 5.91 Å². The lowest BCUT2D eigenvalue weighted by Gasteiger charge is -2.33. The van der Waals surface area contributed by atoms with Crippen molar-refractivity contribution in [1.29, 1.82) is 0 Å². The number of amides is 2. The lowest BCUT2D eigenvalue weighted by Crippen LogP contribution is -2.42. The number of anilines is 2. The van der Waals surface area contributed by atoms with Gasteiger partial charge in [-0.1, -0.05) is 0 Å². The second-order valence-corrected chi connectivity index (χ2v) is 10.4. The molecule has 0 radical (unpaired) electrons. The van der Waals surface area contributed by atoms with Crippen LogP contribution in [-0.2, 0) is 14.4 Å². The number of ketones is 1. The fourth-order valence-electron chi connectivity index (χ4n) is 4.82. The number of piperidine rings is 1. The summed E-state index contributed by atoms with van der Waals surface area (Å²) in [6.07, 6.45) is 2.55. The van der Waals surface area contributed by atoms with Gasteiger partial charge in [0.25, 0.3) is 5.91 Å². The molecule has 3 aromatic rings. The minimum absolute atomic E-state index is 0.0578. The van der Waals surface area contributed by atoms with Crippen LogP contribution >= 0.6 is 0 Å². The van der Waals surface area contributed by atoms with Crippen LogP contribution in [0.25, 0.3) is 0 Å². The van der Waals surface area contributed by atoms with Crippen LogP contribution < -0.4 is 15.0 Å². The van der Waals surface area contributed by atoms with Crippen molar-refractivity contribution in [2.75, 3.05) is 43.5 Å². The average Bonchev–Trinajstić information content (AvgIpc) is 3.05. The molecule has 1 heterocycles. The standard InChI is InChI=1S/C30H32FN3O4.C4H4O4/c1-21(35)32-26-9-5-24(6-10-26)30(37)34(27-11-13-28(38-2)14-12-27)20-19-33-17-15-23(16-18-33)29(36)22-3-7-25(31)8-4-22;5-3(6)1-2-4(7)8/h3-14,23H,15-20H2,1-2H3,(H,32,35);1-2H,(H,5,6)(H,7,8). The largest absolute Gasteiger partial charge is 0.497 e. The van der Waals surface area contributed by atoms with E-state index in [2.05, 4.69) is 10.2 Å². The number of nitrogens with zero attached hydrogens (tertiary/aromatic N) is 2. The maximum atomic E-state index is 13.5. The van der Waals surface area contributed by atoms with E-state index in [1.807, 2.05) is 24.3 Å². The first kappa shape index (κ1) is 35.1. The first-order chi connectivity index (χ1) is 22.0. The number of carbonyl (C=O) groups excluding carboxylic acids is 3. The van der Waals surface area contributed by atoms with Crippen LogP contribution in [0.5, 0.6) is 5.75 Å². The minimum atomic E-state index is -1.26. The number of ether oxygens (including phenoxy) is 1. The Morgan fingerprint density at radius 2 is 1.41 bits per heavy atom. The number of benzene rings is 3. The van der Waals surface area contributed by atoms with E-state index in [1.165, 1.54) is 19.1 Å². The Labute approximate surface area is 265 Å². The van der Waals surface area contributed by atoms with Crippen molar-refractivity contribution >= 4 is 40.9 Å². The number of hydrogen-bond donors (Lipinski definition) is 3. The Morgan fingerprint density at radius 1 is 0.870 bits per heavy atom. The van der Waals surface area contributed by atoms with Gasteiger partial charge in [0, 0.05) is 60.6 Å². The molecule has 2 amide bonds. The molecule has 1 fully saturated rings. The van der Waals surface area contributed by atoms with Crippen molar-refractivity contribution in [3.05, 3.63) is 102 Å². The number of Topliss-reactive ketones (excluding diaryl/α,β-unsaturated/α-hetero) is 1. The summed E-state index contributed by atoms with van der Waals surface area (Å²) in [6.45, 7) is 4.04. The van der Waals surface area contributed by atoms with E-state index in [9.17, 15) is 28.4 Å². The second-order valence-electron chi connectivity index (χ2n) is 10.4. The van der Waals surface area contributed by atoms with Gasteiger partial charge in [-0.25, -0.2) is 14.0 Å². The van der Waals surface area contributed by atoms with E-state index in [0.717, 1.165) is 31.6 Å². The first-order valence-electron chi connectivity index (χ1n) is 14.5. The topological polar surface area (TPSA) is 154 Å². The summed E-state index contributed by atoms with van der Waals surface area (Å²) in [5.41, 5.74) is 2.44. The number of aliphatic carboxylic acids is 2. The molecule has 4 rings (SSSR count). The highest BCUT2D eigenvalue weighted by Crippen LogP contribution is 2.24. The second kappa shape index (κ2) is 17.2. The van der Waals surface area contributed by atoms with E-state index < -0.39 is 11.9 Å². The Bertz CT molecular complexity index is 1520. The summed E-state index contributed by atoms with van der Waals surface area (Å²) in [5, 5.41) is 18.3. The van der Waals surface area contributed by atoms with Crippen LogP contribution in [0.3, 0.4) is 0 Å². The highest BCUT2D eigenvalue weighted by atomic mass is 19.1. The van der Waals surface area contributed by atoms with Gasteiger partial charge in [-0.2, -0.15) is 0 Å². The Hall–Kier alpha value is -5.36. The molecule has 0 spiro atoms. The van der Waals surface area contributed by atoms with Crippen molar-refractivity contribution < 1.29 is 43.3 Å². The fraction of sp³-hybridized carbons (Fsp3) is 0.265. The molecule has 0 aromatic heterocycles. The predicted octanol–water partition coefficient (Wildman–Crippen LogP) is 4.75. The molecule has 0 atom stereocenters. The zero-order valence-corrected chi connectivity index (χ0v) is 25.5. The van der Waals surface area contributed by atoms with Crippen LogP contribution in [0.1, 0.15) is 40.5 Å². The third kappa shape index (κ3) is 11.0. The molecule has 46 heavy (non-hydrogen) atoms. The molecule has 1 saturated heterocycles. The molecule has 11 nitrogen and oxygen atoms in total. The number of halogens is 1. The molecule has 0 aliphatic carbocycles. The highest BCUT2D eigenvalue weighted by Gasteiger charge is 2.27. The zero-order chi connectivity index (χ0) is 33.6. The summed E-state index contributed by atoms with van der Waals surface area (Å²) in [5.74, 6) is -2.51. The van der Waals surface area contributed by atoms with Gasteiger partial charge in [0.05, 0.1) is 7.11 Å². The molecule has 3 aromatic carbocycles. The molecule has 3 N–H and O–H groups in total. The molecule has 1 aliphatic rings. The van der Waals surface area contributed by atoms with E-state index in [-0.39, 0.29) is 29.3 Å². The molecule has 0 unspecified atom stereocenters. The third-order valence-electron chi connectivity index (χ3n) is 7.18. The average molecular weight is 634 g/mol. The zero-order valence-electron chi connectivity index (χ0n) is 25.5. The van der Waals surface area contributed by atoms with Gasteiger partial charge < -0.3 is 30.1 Å². The van der Waals surface area contributed by atoms with Crippen molar-refractivity contribution in [2.45, 2.75) is 19.8 Å². The van der Waals surface area contributed by atoms with Crippen molar-refractivity contribution in [1.82, 2.24) is 4.90 Å². The molecule has 0 saturated carbocycles. The van der Waals surface area contributed by atoms with E-state index in [4.69, 9.17) is 14.9 Å². The first-order valence-corrected chi connectivity index (χ1v) is 14.5. The van der Waals surface area contributed by atoms with Crippen LogP contribution in [0.2, 0.25) is 0 Å². The van der Waals surface area contributed by atoms with Crippen molar-refractivity contribution in [3.8, 4) is 5.75 Å². The lowest BCUT2D eigenvalue weighted by atomic mass is 9.89. The van der Waals surface area contributed by atoms with Gasteiger partial charge in [-0.15, -0.1) is 0 Å². The predicted molar refractivity (Wildman–Crippen MR) is 170 cm³/mol. The minimum Gasteiger partial charge on any atom is -0.497 e. The number of nitrogens with one attached hydrogen (secondary N) is 1. The molecule has 1 aliphatic heterocycles. The molecule has 242 valence electrons. The van der Waals surface area contributed by atoms with Crippen LogP contribution in [0, 0.1) is 11.7 Å². The quantitative estimate of drug-likeness (QED) is 0.201.